The quantitative estimate of drug-likeness (QED) is 0.884. The van der Waals surface area contributed by atoms with Crippen molar-refractivity contribution in [2.24, 2.45) is 0 Å². The van der Waals surface area contributed by atoms with Crippen LogP contribution in [0.15, 0.2) is 28.7 Å². The van der Waals surface area contributed by atoms with E-state index in [9.17, 15) is 13.2 Å². The van der Waals surface area contributed by atoms with E-state index in [2.05, 4.69) is 21.2 Å². The van der Waals surface area contributed by atoms with Crippen molar-refractivity contribution in [2.75, 3.05) is 6.54 Å². The maximum absolute atomic E-state index is 12.1. The molecule has 106 valence electrons. The van der Waals surface area contributed by atoms with Crippen LogP contribution in [0.5, 0.6) is 0 Å². The third kappa shape index (κ3) is 3.70. The first-order valence-electron chi connectivity index (χ1n) is 6.10. The van der Waals surface area contributed by atoms with Gasteiger partial charge in [-0.2, -0.15) is 13.2 Å². The van der Waals surface area contributed by atoms with Crippen molar-refractivity contribution in [2.45, 2.75) is 37.1 Å². The summed E-state index contributed by atoms with van der Waals surface area (Å²) in [5.41, 5.74) is 1.19. The second-order valence-corrected chi connectivity index (χ2v) is 5.71. The van der Waals surface area contributed by atoms with Crippen LogP contribution < -0.4 is 5.32 Å². The van der Waals surface area contributed by atoms with Gasteiger partial charge in [0, 0.05) is 17.1 Å². The highest BCUT2D eigenvalue weighted by Gasteiger charge is 2.39. The minimum Gasteiger partial charge on any atom is -0.382 e. The summed E-state index contributed by atoms with van der Waals surface area (Å²) in [6.07, 6.45) is -5.23. The van der Waals surface area contributed by atoms with E-state index in [-0.39, 0.29) is 6.04 Å². The number of rotatable bonds is 4. The fourth-order valence-corrected chi connectivity index (χ4v) is 2.85. The Hall–Kier alpha value is -0.590. The van der Waals surface area contributed by atoms with Crippen LogP contribution in [0.3, 0.4) is 0 Å². The zero-order valence-corrected chi connectivity index (χ0v) is 11.7. The molecule has 1 aromatic rings. The third-order valence-electron chi connectivity index (χ3n) is 3.46. The van der Waals surface area contributed by atoms with E-state index in [1.54, 1.807) is 0 Å². The summed E-state index contributed by atoms with van der Waals surface area (Å²) in [7, 11) is 0. The van der Waals surface area contributed by atoms with Gasteiger partial charge >= 0.3 is 6.18 Å². The minimum atomic E-state index is -4.54. The first kappa shape index (κ1) is 14.8. The van der Waals surface area contributed by atoms with Crippen LogP contribution in [0, 0.1) is 0 Å². The maximum Gasteiger partial charge on any atom is 0.415 e. The normalized spacial score (nSPS) is 24.9. The predicted molar refractivity (Wildman–Crippen MR) is 70.0 cm³/mol. The Morgan fingerprint density at radius 3 is 2.53 bits per heavy atom. The number of hydrogen-bond acceptors (Lipinski definition) is 2. The lowest BCUT2D eigenvalue weighted by molar-refractivity contribution is -0.202. The molecule has 0 amide bonds. The van der Waals surface area contributed by atoms with E-state index >= 15 is 0 Å². The molecule has 0 heterocycles. The molecule has 6 heteroatoms. The van der Waals surface area contributed by atoms with E-state index in [4.69, 9.17) is 5.11 Å². The van der Waals surface area contributed by atoms with Gasteiger partial charge in [0.1, 0.15) is 0 Å². The molecule has 1 aliphatic rings. The van der Waals surface area contributed by atoms with Gasteiger partial charge in [-0.1, -0.05) is 34.1 Å². The first-order valence-corrected chi connectivity index (χ1v) is 6.90. The Balaban J connectivity index is 1.77. The molecule has 2 N–H and O–H groups in total. The summed E-state index contributed by atoms with van der Waals surface area (Å²) in [4.78, 5) is 0. The summed E-state index contributed by atoms with van der Waals surface area (Å²) in [5.74, 6) is 0.371. The summed E-state index contributed by atoms with van der Waals surface area (Å²) >= 11 is 3.47. The molecule has 2 nitrogen and oxygen atoms in total. The van der Waals surface area contributed by atoms with Crippen LogP contribution in [-0.4, -0.2) is 30.0 Å². The largest absolute Gasteiger partial charge is 0.415 e. The number of hydrogen-bond donors (Lipinski definition) is 2. The van der Waals surface area contributed by atoms with Gasteiger partial charge in [0.05, 0.1) is 0 Å². The van der Waals surface area contributed by atoms with Crippen LogP contribution in [0.1, 0.15) is 24.3 Å². The average Bonchev–Trinajstić information content (AvgIpc) is 2.27. The number of halogens is 4. The van der Waals surface area contributed by atoms with Crippen LogP contribution in [0.4, 0.5) is 13.2 Å². The Morgan fingerprint density at radius 2 is 1.95 bits per heavy atom. The maximum atomic E-state index is 12.1. The van der Waals surface area contributed by atoms with Crippen molar-refractivity contribution in [1.29, 1.82) is 0 Å². The van der Waals surface area contributed by atoms with Crippen LogP contribution in [0.25, 0.3) is 0 Å². The Morgan fingerprint density at radius 1 is 1.32 bits per heavy atom. The van der Waals surface area contributed by atoms with E-state index in [0.717, 1.165) is 17.3 Å². The van der Waals surface area contributed by atoms with Crippen molar-refractivity contribution in [1.82, 2.24) is 5.32 Å². The zero-order chi connectivity index (χ0) is 14.0. The van der Waals surface area contributed by atoms with Crippen molar-refractivity contribution in [3.8, 4) is 0 Å². The van der Waals surface area contributed by atoms with E-state index < -0.39 is 18.8 Å². The molecule has 0 saturated heterocycles. The molecule has 1 aliphatic carbocycles. The number of aliphatic hydroxyl groups excluding tert-OH is 1. The minimum absolute atomic E-state index is 0.0501. The lowest BCUT2D eigenvalue weighted by Crippen LogP contribution is -2.46. The number of aliphatic hydroxyl groups is 1. The Bertz CT molecular complexity index is 432. The molecule has 19 heavy (non-hydrogen) atoms. The van der Waals surface area contributed by atoms with Gasteiger partial charge in [0.2, 0.25) is 0 Å². The van der Waals surface area contributed by atoms with Crippen LogP contribution in [0.2, 0.25) is 0 Å². The molecule has 0 spiro atoms. The molecule has 1 fully saturated rings. The summed E-state index contributed by atoms with van der Waals surface area (Å²) < 4.78 is 37.4. The van der Waals surface area contributed by atoms with Crippen LogP contribution >= 0.6 is 15.9 Å². The Kier molecular flexibility index (Phi) is 4.53. The van der Waals surface area contributed by atoms with Gasteiger partial charge in [-0.15, -0.1) is 0 Å². The molecule has 1 saturated carbocycles. The van der Waals surface area contributed by atoms with E-state index in [0.29, 0.717) is 5.92 Å². The number of nitrogens with one attached hydrogen (secondary N) is 1. The van der Waals surface area contributed by atoms with Gasteiger partial charge in [-0.3, -0.25) is 0 Å². The zero-order valence-electron chi connectivity index (χ0n) is 10.1. The fourth-order valence-electron chi connectivity index (χ4n) is 2.24. The highest BCUT2D eigenvalue weighted by atomic mass is 79.9. The topological polar surface area (TPSA) is 32.3 Å². The molecular weight excluding hydrogens is 323 g/mol. The van der Waals surface area contributed by atoms with Gasteiger partial charge in [0.15, 0.2) is 6.10 Å². The SMILES string of the molecule is OC(CNC1CC(c2ccccc2Br)C1)C(F)(F)F. The lowest BCUT2D eigenvalue weighted by Gasteiger charge is -2.37. The molecule has 0 aromatic heterocycles. The predicted octanol–water partition coefficient (Wildman–Crippen LogP) is 3.21. The van der Waals surface area contributed by atoms with Gasteiger partial charge in [-0.05, 0) is 30.4 Å². The lowest BCUT2D eigenvalue weighted by atomic mass is 9.76. The summed E-state index contributed by atoms with van der Waals surface area (Å²) in [5, 5.41) is 11.6. The second kappa shape index (κ2) is 5.81. The van der Waals surface area contributed by atoms with Crippen LogP contribution in [-0.2, 0) is 0 Å². The summed E-state index contributed by atoms with van der Waals surface area (Å²) in [6.45, 7) is -0.434. The smallest absolute Gasteiger partial charge is 0.382 e. The number of alkyl halides is 3. The van der Waals surface area contributed by atoms with Gasteiger partial charge in [0.25, 0.3) is 0 Å². The van der Waals surface area contributed by atoms with Crippen molar-refractivity contribution < 1.29 is 18.3 Å². The molecule has 1 aromatic carbocycles. The van der Waals surface area contributed by atoms with Crippen molar-refractivity contribution >= 4 is 15.9 Å². The molecule has 1 atom stereocenters. The molecular formula is C13H15BrF3NO. The van der Waals surface area contributed by atoms with E-state index in [1.807, 2.05) is 24.3 Å². The monoisotopic (exact) mass is 337 g/mol. The van der Waals surface area contributed by atoms with Crippen molar-refractivity contribution in [3.05, 3.63) is 34.3 Å². The fraction of sp³-hybridized carbons (Fsp3) is 0.538. The molecule has 0 aliphatic heterocycles. The van der Waals surface area contributed by atoms with Gasteiger partial charge < -0.3 is 10.4 Å². The first-order chi connectivity index (χ1) is 8.88. The second-order valence-electron chi connectivity index (χ2n) is 4.85. The Labute approximate surface area is 118 Å². The summed E-state index contributed by atoms with van der Waals surface area (Å²) in [6, 6.07) is 7.92. The third-order valence-corrected chi connectivity index (χ3v) is 4.18. The average molecular weight is 338 g/mol. The van der Waals surface area contributed by atoms with Crippen molar-refractivity contribution in [3.63, 3.8) is 0 Å². The highest BCUT2D eigenvalue weighted by Crippen LogP contribution is 2.40. The number of benzene rings is 1. The molecule has 2 rings (SSSR count). The van der Waals surface area contributed by atoms with Gasteiger partial charge in [-0.25, -0.2) is 0 Å². The highest BCUT2D eigenvalue weighted by molar-refractivity contribution is 9.10. The molecule has 0 bridgehead atoms. The molecule has 1 unspecified atom stereocenters. The molecule has 0 radical (unpaired) electrons. The standard InChI is InChI=1S/C13H15BrF3NO/c14-11-4-2-1-3-10(11)8-5-9(6-8)18-7-12(19)13(15,16)17/h1-4,8-9,12,18-19H,5-7H2. The van der Waals surface area contributed by atoms with E-state index in [1.165, 1.54) is 5.56 Å².